The molecule has 0 aliphatic carbocycles. The summed E-state index contributed by atoms with van der Waals surface area (Å²) in [4.78, 5) is 38.4. The molecule has 1 aliphatic heterocycles. The van der Waals surface area contributed by atoms with Gasteiger partial charge in [0.1, 0.15) is 22.8 Å². The van der Waals surface area contributed by atoms with Crippen LogP contribution in [0.2, 0.25) is 0 Å². The summed E-state index contributed by atoms with van der Waals surface area (Å²) >= 11 is 5.32. The molecule has 10 heteroatoms. The van der Waals surface area contributed by atoms with E-state index in [1.807, 2.05) is 30.3 Å². The number of fused-ring (bicyclic) bond motifs is 1. The van der Waals surface area contributed by atoms with Crippen LogP contribution in [-0.2, 0) is 9.59 Å². The fraction of sp³-hybridized carbons (Fsp3) is 0.0385. The molecule has 3 aromatic carbocycles. The number of thiocarbonyl (C=S) groups is 1. The van der Waals surface area contributed by atoms with Crippen LogP contribution < -0.4 is 15.0 Å². The van der Waals surface area contributed by atoms with E-state index in [-0.39, 0.29) is 33.5 Å². The van der Waals surface area contributed by atoms with Gasteiger partial charge in [0.05, 0.1) is 29.4 Å². The van der Waals surface area contributed by atoms with E-state index in [1.165, 1.54) is 42.4 Å². The second-order valence-electron chi connectivity index (χ2n) is 7.80. The molecule has 1 fully saturated rings. The van der Waals surface area contributed by atoms with Crippen LogP contribution in [0.1, 0.15) is 5.76 Å². The summed E-state index contributed by atoms with van der Waals surface area (Å²) in [6.07, 6.45) is 1.29. The minimum absolute atomic E-state index is 0.0347. The highest BCUT2D eigenvalue weighted by atomic mass is 32.1. The Bertz CT molecular complexity index is 1600. The molecule has 0 saturated carbocycles. The van der Waals surface area contributed by atoms with E-state index in [4.69, 9.17) is 21.4 Å². The second-order valence-corrected chi connectivity index (χ2v) is 8.19. The van der Waals surface area contributed by atoms with Crippen molar-refractivity contribution in [3.8, 4) is 17.1 Å². The van der Waals surface area contributed by atoms with E-state index >= 15 is 0 Å². The van der Waals surface area contributed by atoms with Crippen molar-refractivity contribution in [1.82, 2.24) is 5.32 Å². The molecule has 2 amide bonds. The van der Waals surface area contributed by atoms with Crippen molar-refractivity contribution in [2.45, 2.75) is 0 Å². The molecule has 2 heterocycles. The lowest BCUT2D eigenvalue weighted by atomic mass is 10.1. The lowest BCUT2D eigenvalue weighted by Gasteiger charge is -2.29. The first-order chi connectivity index (χ1) is 17.4. The van der Waals surface area contributed by atoms with Crippen molar-refractivity contribution in [3.05, 3.63) is 94.2 Å². The third-order valence-corrected chi connectivity index (χ3v) is 5.97. The van der Waals surface area contributed by atoms with Crippen LogP contribution >= 0.6 is 12.2 Å². The van der Waals surface area contributed by atoms with Crippen molar-refractivity contribution in [3.63, 3.8) is 0 Å². The van der Waals surface area contributed by atoms with Gasteiger partial charge in [-0.25, -0.2) is 0 Å². The Hall–Kier alpha value is -4.83. The zero-order chi connectivity index (χ0) is 25.4. The van der Waals surface area contributed by atoms with E-state index in [0.29, 0.717) is 11.4 Å². The number of amides is 2. The number of hydrogen-bond acceptors (Lipinski definition) is 7. The molecular formula is C26H17N3O6S. The first-order valence-electron chi connectivity index (χ1n) is 10.7. The third kappa shape index (κ3) is 3.99. The maximum absolute atomic E-state index is 13.5. The number of carbonyl (C=O) groups excluding carboxylic acids is 2. The Kier molecular flexibility index (Phi) is 5.79. The Morgan fingerprint density at radius 2 is 1.83 bits per heavy atom. The molecule has 1 saturated heterocycles. The number of nitro benzene ring substituents is 1. The highest BCUT2D eigenvalue weighted by Crippen LogP contribution is 2.35. The molecule has 5 rings (SSSR count). The first-order valence-corrected chi connectivity index (χ1v) is 11.1. The quantitative estimate of drug-likeness (QED) is 0.137. The van der Waals surface area contributed by atoms with E-state index in [1.54, 1.807) is 18.2 Å². The molecule has 36 heavy (non-hydrogen) atoms. The van der Waals surface area contributed by atoms with Crippen LogP contribution in [0.25, 0.3) is 28.2 Å². The fourth-order valence-electron chi connectivity index (χ4n) is 3.99. The molecule has 4 aromatic rings. The van der Waals surface area contributed by atoms with Gasteiger partial charge in [-0.15, -0.1) is 0 Å². The van der Waals surface area contributed by atoms with E-state index in [2.05, 4.69) is 5.32 Å². The molecule has 1 aromatic heterocycles. The lowest BCUT2D eigenvalue weighted by Crippen LogP contribution is -2.54. The number of anilines is 1. The fourth-order valence-corrected chi connectivity index (χ4v) is 4.27. The Labute approximate surface area is 209 Å². The maximum atomic E-state index is 13.5. The van der Waals surface area contributed by atoms with Crippen molar-refractivity contribution < 1.29 is 23.7 Å². The standard InChI is InChI=1S/C26H17N3O6S/c1-34-16-9-11-19(22(14-16)29(32)33)23-12-10-17(35-23)13-20-24(30)27-26(36)28(25(20)31)21-8-4-6-15-5-2-3-7-18(15)21/h2-14H,1H3,(H,27,30,36). The van der Waals surface area contributed by atoms with Gasteiger partial charge >= 0.3 is 0 Å². The summed E-state index contributed by atoms with van der Waals surface area (Å²) in [6.45, 7) is 0. The van der Waals surface area contributed by atoms with Crippen LogP contribution in [0.15, 0.2) is 82.8 Å². The molecule has 1 N–H and O–H groups in total. The highest BCUT2D eigenvalue weighted by molar-refractivity contribution is 7.80. The number of carbonyl (C=O) groups is 2. The molecule has 0 unspecified atom stereocenters. The topological polar surface area (TPSA) is 115 Å². The van der Waals surface area contributed by atoms with Gasteiger partial charge in [0.15, 0.2) is 5.11 Å². The monoisotopic (exact) mass is 499 g/mol. The number of furan rings is 1. The number of hydrogen-bond donors (Lipinski definition) is 1. The first kappa shape index (κ1) is 22.9. The van der Waals surface area contributed by atoms with Crippen molar-refractivity contribution in [2.75, 3.05) is 12.0 Å². The predicted molar refractivity (Wildman–Crippen MR) is 138 cm³/mol. The van der Waals surface area contributed by atoms with Gasteiger partial charge in [-0.05, 0) is 54.0 Å². The van der Waals surface area contributed by atoms with E-state index < -0.39 is 16.7 Å². The van der Waals surface area contributed by atoms with Gasteiger partial charge in [0.2, 0.25) is 0 Å². The summed E-state index contributed by atoms with van der Waals surface area (Å²) in [6, 6.07) is 20.4. The molecule has 178 valence electrons. The Morgan fingerprint density at radius 3 is 2.61 bits per heavy atom. The highest BCUT2D eigenvalue weighted by Gasteiger charge is 2.35. The van der Waals surface area contributed by atoms with Crippen LogP contribution in [-0.4, -0.2) is 29.0 Å². The van der Waals surface area contributed by atoms with Crippen molar-refractivity contribution in [1.29, 1.82) is 0 Å². The summed E-state index contributed by atoms with van der Waals surface area (Å²) in [5.41, 5.74) is 0.356. The summed E-state index contributed by atoms with van der Waals surface area (Å²) in [5.74, 6) is -0.600. The average Bonchev–Trinajstić information content (AvgIpc) is 3.34. The van der Waals surface area contributed by atoms with Gasteiger partial charge in [-0.3, -0.25) is 29.9 Å². The molecule has 0 spiro atoms. The number of methoxy groups -OCH3 is 1. The Morgan fingerprint density at radius 1 is 1.06 bits per heavy atom. The summed E-state index contributed by atoms with van der Waals surface area (Å²) in [7, 11) is 1.41. The van der Waals surface area contributed by atoms with Gasteiger partial charge in [-0.1, -0.05) is 36.4 Å². The van der Waals surface area contributed by atoms with E-state index in [0.717, 1.165) is 10.8 Å². The number of nitro groups is 1. The van der Waals surface area contributed by atoms with Gasteiger partial charge < -0.3 is 9.15 Å². The maximum Gasteiger partial charge on any atom is 0.284 e. The van der Waals surface area contributed by atoms with Gasteiger partial charge in [-0.2, -0.15) is 0 Å². The number of nitrogens with one attached hydrogen (secondary N) is 1. The van der Waals surface area contributed by atoms with Crippen LogP contribution in [0.5, 0.6) is 5.75 Å². The molecule has 0 radical (unpaired) electrons. The number of ether oxygens (including phenoxy) is 1. The number of benzene rings is 3. The van der Waals surface area contributed by atoms with Gasteiger partial charge in [0, 0.05) is 5.39 Å². The summed E-state index contributed by atoms with van der Waals surface area (Å²) < 4.78 is 10.8. The Balaban J connectivity index is 1.53. The van der Waals surface area contributed by atoms with E-state index in [9.17, 15) is 19.7 Å². The second kappa shape index (κ2) is 9.08. The van der Waals surface area contributed by atoms with Crippen LogP contribution in [0.3, 0.4) is 0 Å². The van der Waals surface area contributed by atoms with Crippen molar-refractivity contribution >= 4 is 57.4 Å². The minimum atomic E-state index is -0.671. The molecule has 1 aliphatic rings. The van der Waals surface area contributed by atoms with Crippen molar-refractivity contribution in [2.24, 2.45) is 0 Å². The van der Waals surface area contributed by atoms with Gasteiger partial charge in [0.25, 0.3) is 17.5 Å². The largest absolute Gasteiger partial charge is 0.497 e. The third-order valence-electron chi connectivity index (χ3n) is 5.69. The molecule has 0 atom stereocenters. The lowest BCUT2D eigenvalue weighted by molar-refractivity contribution is -0.384. The SMILES string of the molecule is COc1ccc(-c2ccc(C=C3C(=O)NC(=S)N(c4cccc5ccccc45)C3=O)o2)c([N+](=O)[O-])c1. The zero-order valence-electron chi connectivity index (χ0n) is 18.8. The predicted octanol–water partition coefficient (Wildman–Crippen LogP) is 4.85. The number of rotatable bonds is 5. The number of nitrogens with zero attached hydrogens (tertiary/aromatic N) is 2. The molecular weight excluding hydrogens is 482 g/mol. The van der Waals surface area contributed by atoms with Crippen LogP contribution in [0, 0.1) is 10.1 Å². The zero-order valence-corrected chi connectivity index (χ0v) is 19.6. The minimum Gasteiger partial charge on any atom is -0.497 e. The average molecular weight is 500 g/mol. The molecule has 9 nitrogen and oxygen atoms in total. The smallest absolute Gasteiger partial charge is 0.284 e. The normalized spacial score (nSPS) is 14.9. The summed E-state index contributed by atoms with van der Waals surface area (Å²) in [5, 5.41) is 15.8. The van der Waals surface area contributed by atoms with Crippen LogP contribution in [0.4, 0.5) is 11.4 Å². The molecule has 0 bridgehead atoms.